The van der Waals surface area contributed by atoms with Crippen LogP contribution in [-0.2, 0) is 13.1 Å². The van der Waals surface area contributed by atoms with Gasteiger partial charge in [-0.2, -0.15) is 10.4 Å². The SMILES string of the molecule is N#Cc1ccc(-c2nn3c(c2-c2ccncc2)CNCC3)cc1. The fraction of sp³-hybridized carbons (Fsp3) is 0.167. The lowest BCUT2D eigenvalue weighted by Crippen LogP contribution is -2.28. The molecule has 0 aliphatic carbocycles. The van der Waals surface area contributed by atoms with Crippen LogP contribution in [-0.4, -0.2) is 21.3 Å². The summed E-state index contributed by atoms with van der Waals surface area (Å²) in [7, 11) is 0. The van der Waals surface area contributed by atoms with E-state index in [2.05, 4.69) is 21.1 Å². The molecule has 0 fully saturated rings. The van der Waals surface area contributed by atoms with Gasteiger partial charge in [-0.25, -0.2) is 0 Å². The van der Waals surface area contributed by atoms with Crippen molar-refractivity contribution in [3.63, 3.8) is 0 Å². The number of hydrogen-bond acceptors (Lipinski definition) is 4. The van der Waals surface area contributed by atoms with Gasteiger partial charge in [0.25, 0.3) is 0 Å². The number of benzene rings is 1. The Kier molecular flexibility index (Phi) is 3.37. The molecule has 5 nitrogen and oxygen atoms in total. The largest absolute Gasteiger partial charge is 0.309 e. The average molecular weight is 301 g/mol. The molecule has 0 saturated carbocycles. The highest BCUT2D eigenvalue weighted by Gasteiger charge is 2.22. The Morgan fingerprint density at radius 1 is 1.04 bits per heavy atom. The molecule has 3 aromatic rings. The Balaban J connectivity index is 1.92. The number of fused-ring (bicyclic) bond motifs is 1. The van der Waals surface area contributed by atoms with Crippen LogP contribution in [0.5, 0.6) is 0 Å². The summed E-state index contributed by atoms with van der Waals surface area (Å²) in [4.78, 5) is 4.11. The number of aromatic nitrogens is 3. The summed E-state index contributed by atoms with van der Waals surface area (Å²) in [6.45, 7) is 2.60. The Hall–Kier alpha value is -2.97. The third-order valence-corrected chi connectivity index (χ3v) is 4.11. The molecule has 1 aliphatic heterocycles. The van der Waals surface area contributed by atoms with Crippen LogP contribution in [0.1, 0.15) is 11.3 Å². The van der Waals surface area contributed by atoms with E-state index in [0.717, 1.165) is 42.0 Å². The van der Waals surface area contributed by atoms with Crippen LogP contribution in [0.25, 0.3) is 22.4 Å². The first-order chi connectivity index (χ1) is 11.4. The topological polar surface area (TPSA) is 66.5 Å². The lowest BCUT2D eigenvalue weighted by molar-refractivity contribution is 0.477. The maximum absolute atomic E-state index is 8.98. The summed E-state index contributed by atoms with van der Waals surface area (Å²) >= 11 is 0. The van der Waals surface area contributed by atoms with Gasteiger partial charge in [0.1, 0.15) is 5.69 Å². The molecule has 0 atom stereocenters. The van der Waals surface area contributed by atoms with Crippen LogP contribution in [0.3, 0.4) is 0 Å². The van der Waals surface area contributed by atoms with Crippen LogP contribution in [0.15, 0.2) is 48.8 Å². The van der Waals surface area contributed by atoms with E-state index in [1.165, 1.54) is 5.69 Å². The minimum Gasteiger partial charge on any atom is -0.309 e. The molecule has 5 heteroatoms. The van der Waals surface area contributed by atoms with Crippen LogP contribution in [0.4, 0.5) is 0 Å². The third kappa shape index (κ3) is 2.39. The van der Waals surface area contributed by atoms with E-state index < -0.39 is 0 Å². The molecule has 3 heterocycles. The first-order valence-electron chi connectivity index (χ1n) is 7.58. The van der Waals surface area contributed by atoms with Gasteiger partial charge in [-0.1, -0.05) is 12.1 Å². The van der Waals surface area contributed by atoms with Gasteiger partial charge in [0.05, 0.1) is 23.9 Å². The van der Waals surface area contributed by atoms with Gasteiger partial charge in [0.15, 0.2) is 0 Å². The highest BCUT2D eigenvalue weighted by Crippen LogP contribution is 2.35. The summed E-state index contributed by atoms with van der Waals surface area (Å²) in [5.74, 6) is 0. The molecule has 1 aliphatic rings. The van der Waals surface area contributed by atoms with Gasteiger partial charge >= 0.3 is 0 Å². The normalized spacial score (nSPS) is 13.3. The van der Waals surface area contributed by atoms with Crippen LogP contribution < -0.4 is 5.32 Å². The smallest absolute Gasteiger partial charge is 0.100 e. The summed E-state index contributed by atoms with van der Waals surface area (Å²) in [6, 6.07) is 13.8. The van der Waals surface area contributed by atoms with Crippen LogP contribution in [0, 0.1) is 11.3 Å². The van der Waals surface area contributed by atoms with Crippen molar-refractivity contribution in [1.29, 1.82) is 5.26 Å². The van der Waals surface area contributed by atoms with Gasteiger partial charge in [-0.15, -0.1) is 0 Å². The van der Waals surface area contributed by atoms with E-state index in [0.29, 0.717) is 5.56 Å². The Morgan fingerprint density at radius 3 is 2.57 bits per heavy atom. The first kappa shape index (κ1) is 13.7. The Bertz CT molecular complexity index is 872. The summed E-state index contributed by atoms with van der Waals surface area (Å²) < 4.78 is 2.08. The summed E-state index contributed by atoms with van der Waals surface area (Å²) in [6.07, 6.45) is 3.61. The second-order valence-corrected chi connectivity index (χ2v) is 5.50. The fourth-order valence-electron chi connectivity index (χ4n) is 2.98. The molecule has 0 unspecified atom stereocenters. The van der Waals surface area contributed by atoms with E-state index in [9.17, 15) is 0 Å². The molecular weight excluding hydrogens is 286 g/mol. The molecule has 2 aromatic heterocycles. The molecule has 0 saturated heterocycles. The zero-order chi connectivity index (χ0) is 15.6. The number of nitrogens with one attached hydrogen (secondary N) is 1. The fourth-order valence-corrected chi connectivity index (χ4v) is 2.98. The van der Waals surface area contributed by atoms with Crippen molar-refractivity contribution in [3.05, 3.63) is 60.0 Å². The van der Waals surface area contributed by atoms with E-state index in [1.54, 1.807) is 12.4 Å². The molecule has 23 heavy (non-hydrogen) atoms. The van der Waals surface area contributed by atoms with Crippen molar-refractivity contribution >= 4 is 0 Å². The predicted molar refractivity (Wildman–Crippen MR) is 87.3 cm³/mol. The van der Waals surface area contributed by atoms with E-state index in [-0.39, 0.29) is 0 Å². The van der Waals surface area contributed by atoms with E-state index in [1.807, 2.05) is 36.4 Å². The number of pyridine rings is 1. The zero-order valence-corrected chi connectivity index (χ0v) is 12.5. The Morgan fingerprint density at radius 2 is 1.83 bits per heavy atom. The monoisotopic (exact) mass is 301 g/mol. The molecule has 0 spiro atoms. The second kappa shape index (κ2) is 5.67. The van der Waals surface area contributed by atoms with Crippen molar-refractivity contribution in [2.24, 2.45) is 0 Å². The number of rotatable bonds is 2. The molecule has 112 valence electrons. The van der Waals surface area contributed by atoms with Crippen molar-refractivity contribution in [1.82, 2.24) is 20.1 Å². The molecule has 0 amide bonds. The summed E-state index contributed by atoms with van der Waals surface area (Å²) in [5, 5.41) is 17.2. The number of nitrogens with zero attached hydrogens (tertiary/aromatic N) is 4. The first-order valence-corrected chi connectivity index (χ1v) is 7.58. The van der Waals surface area contributed by atoms with E-state index >= 15 is 0 Å². The highest BCUT2D eigenvalue weighted by atomic mass is 15.3. The molecule has 0 radical (unpaired) electrons. The van der Waals surface area contributed by atoms with Gasteiger partial charge < -0.3 is 5.32 Å². The maximum Gasteiger partial charge on any atom is 0.100 e. The molecule has 1 aromatic carbocycles. The van der Waals surface area contributed by atoms with Crippen molar-refractivity contribution in [2.45, 2.75) is 13.1 Å². The Labute approximate surface area is 134 Å². The quantitative estimate of drug-likeness (QED) is 0.790. The average Bonchev–Trinajstić information content (AvgIpc) is 3.02. The zero-order valence-electron chi connectivity index (χ0n) is 12.5. The maximum atomic E-state index is 8.98. The van der Waals surface area contributed by atoms with Gasteiger partial charge in [0.2, 0.25) is 0 Å². The van der Waals surface area contributed by atoms with Gasteiger partial charge in [-0.3, -0.25) is 9.67 Å². The van der Waals surface area contributed by atoms with Gasteiger partial charge in [0, 0.05) is 36.6 Å². The highest BCUT2D eigenvalue weighted by molar-refractivity contribution is 5.82. The second-order valence-electron chi connectivity index (χ2n) is 5.50. The minimum absolute atomic E-state index is 0.657. The summed E-state index contributed by atoms with van der Waals surface area (Å²) in [5.41, 5.74) is 6.09. The standard InChI is InChI=1S/C18H15N5/c19-11-13-1-3-15(4-2-13)18-17(14-5-7-20-8-6-14)16-12-21-9-10-23(16)22-18/h1-8,21H,9-10,12H2. The van der Waals surface area contributed by atoms with Crippen molar-refractivity contribution in [3.8, 4) is 28.5 Å². The van der Waals surface area contributed by atoms with Gasteiger partial charge in [-0.05, 0) is 29.8 Å². The molecular formula is C18H15N5. The lowest BCUT2D eigenvalue weighted by Gasteiger charge is -2.16. The number of nitriles is 1. The minimum atomic E-state index is 0.657. The molecule has 4 rings (SSSR count). The van der Waals surface area contributed by atoms with Crippen LogP contribution in [0.2, 0.25) is 0 Å². The van der Waals surface area contributed by atoms with Crippen LogP contribution >= 0.6 is 0 Å². The number of hydrogen-bond donors (Lipinski definition) is 1. The lowest BCUT2D eigenvalue weighted by atomic mass is 9.98. The van der Waals surface area contributed by atoms with E-state index in [4.69, 9.17) is 10.4 Å². The van der Waals surface area contributed by atoms with Crippen molar-refractivity contribution in [2.75, 3.05) is 6.54 Å². The van der Waals surface area contributed by atoms with Crippen molar-refractivity contribution < 1.29 is 0 Å². The molecule has 0 bridgehead atoms. The predicted octanol–water partition coefficient (Wildman–Crippen LogP) is 2.59. The molecule has 1 N–H and O–H groups in total. The third-order valence-electron chi connectivity index (χ3n) is 4.11.